The number of nitrogens with one attached hydrogen (secondary N) is 1. The number of hydrogen-bond donors (Lipinski definition) is 1. The Kier molecular flexibility index (Phi) is 4.28. The molecule has 2 rings (SSSR count). The fourth-order valence-corrected chi connectivity index (χ4v) is 2.76. The lowest BCUT2D eigenvalue weighted by atomic mass is 9.84. The van der Waals surface area contributed by atoms with Gasteiger partial charge in [0.05, 0.1) is 0 Å². The average molecular weight is 259 g/mol. The van der Waals surface area contributed by atoms with Crippen molar-refractivity contribution in [1.29, 1.82) is 0 Å². The molecule has 0 saturated heterocycles. The standard InChI is InChI=1S/C17H25NO/c1-17(2,3)18-16(19)15-11-9-14(10-12-15)13-7-5-4-6-8-13/h9-13H,4-8H2,1-3H3,(H,18,19). The number of hydrogen-bond acceptors (Lipinski definition) is 1. The largest absolute Gasteiger partial charge is 0.347 e. The van der Waals surface area contributed by atoms with E-state index in [1.54, 1.807) is 0 Å². The van der Waals surface area contributed by atoms with Crippen molar-refractivity contribution < 1.29 is 4.79 Å². The van der Waals surface area contributed by atoms with Crippen LogP contribution < -0.4 is 5.32 Å². The SMILES string of the molecule is CC(C)(C)NC(=O)c1ccc(C2CCCCC2)cc1. The summed E-state index contributed by atoms with van der Waals surface area (Å²) >= 11 is 0. The second kappa shape index (κ2) is 5.77. The van der Waals surface area contributed by atoms with Crippen molar-refractivity contribution in [2.75, 3.05) is 0 Å². The lowest BCUT2D eigenvalue weighted by Gasteiger charge is -2.23. The molecular weight excluding hydrogens is 234 g/mol. The predicted octanol–water partition coefficient (Wildman–Crippen LogP) is 4.26. The molecule has 19 heavy (non-hydrogen) atoms. The van der Waals surface area contributed by atoms with E-state index < -0.39 is 0 Å². The highest BCUT2D eigenvalue weighted by Crippen LogP contribution is 2.32. The molecule has 0 heterocycles. The quantitative estimate of drug-likeness (QED) is 0.844. The molecule has 0 unspecified atom stereocenters. The van der Waals surface area contributed by atoms with Gasteiger partial charge in [-0.25, -0.2) is 0 Å². The van der Waals surface area contributed by atoms with Crippen LogP contribution in [0.5, 0.6) is 0 Å². The molecule has 2 heteroatoms. The molecule has 0 aromatic heterocycles. The van der Waals surface area contributed by atoms with Crippen LogP contribution in [0.4, 0.5) is 0 Å². The maximum Gasteiger partial charge on any atom is 0.251 e. The summed E-state index contributed by atoms with van der Waals surface area (Å²) in [5.41, 5.74) is 1.97. The van der Waals surface area contributed by atoms with E-state index in [2.05, 4.69) is 17.4 Å². The first-order valence-electron chi connectivity index (χ1n) is 7.38. The van der Waals surface area contributed by atoms with Crippen molar-refractivity contribution in [3.8, 4) is 0 Å². The highest BCUT2D eigenvalue weighted by atomic mass is 16.1. The summed E-state index contributed by atoms with van der Waals surface area (Å²) in [6, 6.07) is 8.19. The minimum Gasteiger partial charge on any atom is -0.347 e. The lowest BCUT2D eigenvalue weighted by molar-refractivity contribution is 0.0919. The molecule has 0 atom stereocenters. The Morgan fingerprint density at radius 2 is 1.63 bits per heavy atom. The van der Waals surface area contributed by atoms with Gasteiger partial charge in [0.2, 0.25) is 0 Å². The minimum absolute atomic E-state index is 0.0164. The molecule has 1 amide bonds. The van der Waals surface area contributed by atoms with Crippen molar-refractivity contribution in [3.63, 3.8) is 0 Å². The Balaban J connectivity index is 2.03. The van der Waals surface area contributed by atoms with Crippen LogP contribution in [0, 0.1) is 0 Å². The molecule has 1 aliphatic carbocycles. The lowest BCUT2D eigenvalue weighted by Crippen LogP contribution is -2.40. The summed E-state index contributed by atoms with van der Waals surface area (Å²) in [6.45, 7) is 6.00. The molecule has 104 valence electrons. The fraction of sp³-hybridized carbons (Fsp3) is 0.588. The van der Waals surface area contributed by atoms with Crippen molar-refractivity contribution in [1.82, 2.24) is 5.32 Å². The van der Waals surface area contributed by atoms with Gasteiger partial charge in [0, 0.05) is 11.1 Å². The Labute approximate surface area is 116 Å². The molecule has 1 saturated carbocycles. The van der Waals surface area contributed by atoms with Crippen LogP contribution in [-0.2, 0) is 0 Å². The third-order valence-corrected chi connectivity index (χ3v) is 3.74. The Bertz CT molecular complexity index is 422. The second-order valence-corrected chi connectivity index (χ2v) is 6.66. The van der Waals surface area contributed by atoms with Crippen LogP contribution >= 0.6 is 0 Å². The van der Waals surface area contributed by atoms with Crippen LogP contribution in [0.25, 0.3) is 0 Å². The summed E-state index contributed by atoms with van der Waals surface area (Å²) < 4.78 is 0. The van der Waals surface area contributed by atoms with Crippen LogP contribution in [0.3, 0.4) is 0 Å². The summed E-state index contributed by atoms with van der Waals surface area (Å²) in [5.74, 6) is 0.719. The maximum atomic E-state index is 12.0. The van der Waals surface area contributed by atoms with E-state index in [9.17, 15) is 4.79 Å². The first-order valence-corrected chi connectivity index (χ1v) is 7.38. The topological polar surface area (TPSA) is 29.1 Å². The van der Waals surface area contributed by atoms with Gasteiger partial charge in [0.1, 0.15) is 0 Å². The summed E-state index contributed by atoms with van der Waals surface area (Å²) in [4.78, 5) is 12.0. The summed E-state index contributed by atoms with van der Waals surface area (Å²) in [6.07, 6.45) is 6.66. The molecule has 1 aliphatic rings. The predicted molar refractivity (Wildman–Crippen MR) is 79.5 cm³/mol. The third-order valence-electron chi connectivity index (χ3n) is 3.74. The molecule has 1 fully saturated rings. The van der Waals surface area contributed by atoms with Crippen LogP contribution in [0.1, 0.15) is 74.7 Å². The monoisotopic (exact) mass is 259 g/mol. The molecule has 0 spiro atoms. The van der Waals surface area contributed by atoms with Crippen molar-refractivity contribution in [2.24, 2.45) is 0 Å². The van der Waals surface area contributed by atoms with Gasteiger partial charge in [0.25, 0.3) is 5.91 Å². The Morgan fingerprint density at radius 1 is 1.05 bits per heavy atom. The zero-order valence-electron chi connectivity index (χ0n) is 12.3. The van der Waals surface area contributed by atoms with Gasteiger partial charge < -0.3 is 5.32 Å². The molecule has 2 nitrogen and oxygen atoms in total. The van der Waals surface area contributed by atoms with Crippen molar-refractivity contribution in [3.05, 3.63) is 35.4 Å². The minimum atomic E-state index is -0.181. The molecular formula is C17H25NO. The number of carbonyl (C=O) groups excluding carboxylic acids is 1. The van der Waals surface area contributed by atoms with Gasteiger partial charge in [-0.15, -0.1) is 0 Å². The highest BCUT2D eigenvalue weighted by Gasteiger charge is 2.17. The molecule has 0 bridgehead atoms. The molecule has 0 radical (unpaired) electrons. The zero-order valence-corrected chi connectivity index (χ0v) is 12.3. The van der Waals surface area contributed by atoms with E-state index in [0.29, 0.717) is 5.92 Å². The Morgan fingerprint density at radius 3 is 2.16 bits per heavy atom. The van der Waals surface area contributed by atoms with Gasteiger partial charge in [-0.2, -0.15) is 0 Å². The van der Waals surface area contributed by atoms with Crippen LogP contribution in [0.15, 0.2) is 24.3 Å². The third kappa shape index (κ3) is 4.09. The van der Waals surface area contributed by atoms with Crippen molar-refractivity contribution >= 4 is 5.91 Å². The Hall–Kier alpha value is -1.31. The van der Waals surface area contributed by atoms with E-state index in [0.717, 1.165) is 5.56 Å². The van der Waals surface area contributed by atoms with Crippen LogP contribution in [-0.4, -0.2) is 11.4 Å². The van der Waals surface area contributed by atoms with Gasteiger partial charge in [0.15, 0.2) is 0 Å². The van der Waals surface area contributed by atoms with Gasteiger partial charge in [-0.3, -0.25) is 4.79 Å². The number of benzene rings is 1. The van der Waals surface area contributed by atoms with Gasteiger partial charge in [-0.1, -0.05) is 31.4 Å². The van der Waals surface area contributed by atoms with Gasteiger partial charge in [-0.05, 0) is 57.2 Å². The number of carbonyl (C=O) groups is 1. The van der Waals surface area contributed by atoms with E-state index in [-0.39, 0.29) is 11.4 Å². The summed E-state index contributed by atoms with van der Waals surface area (Å²) in [7, 11) is 0. The normalized spacial score (nSPS) is 17.2. The van der Waals surface area contributed by atoms with Crippen molar-refractivity contribution in [2.45, 2.75) is 64.3 Å². The van der Waals surface area contributed by atoms with E-state index >= 15 is 0 Å². The molecule has 1 aromatic carbocycles. The maximum absolute atomic E-state index is 12.0. The van der Waals surface area contributed by atoms with Crippen LogP contribution in [0.2, 0.25) is 0 Å². The first-order chi connectivity index (χ1) is 8.96. The second-order valence-electron chi connectivity index (χ2n) is 6.66. The summed E-state index contributed by atoms with van der Waals surface area (Å²) in [5, 5.41) is 3.00. The fourth-order valence-electron chi connectivity index (χ4n) is 2.76. The molecule has 0 aliphatic heterocycles. The molecule has 1 aromatic rings. The van der Waals surface area contributed by atoms with Gasteiger partial charge >= 0.3 is 0 Å². The van der Waals surface area contributed by atoms with E-state index in [4.69, 9.17) is 0 Å². The van der Waals surface area contributed by atoms with E-state index in [1.165, 1.54) is 37.7 Å². The van der Waals surface area contributed by atoms with E-state index in [1.807, 2.05) is 32.9 Å². The first kappa shape index (κ1) is 14.1. The smallest absolute Gasteiger partial charge is 0.251 e. The average Bonchev–Trinajstić information content (AvgIpc) is 2.38. The number of amides is 1. The highest BCUT2D eigenvalue weighted by molar-refractivity contribution is 5.94. The zero-order chi connectivity index (χ0) is 13.9. The number of rotatable bonds is 2. The molecule has 1 N–H and O–H groups in total.